The van der Waals surface area contributed by atoms with Crippen molar-refractivity contribution in [1.82, 2.24) is 9.97 Å². The highest BCUT2D eigenvalue weighted by Gasteiger charge is 2.04. The fraction of sp³-hybridized carbons (Fsp3) is 0.333. The number of hydrogen-bond donors (Lipinski definition) is 1. The Labute approximate surface area is 119 Å². The van der Waals surface area contributed by atoms with Crippen LogP contribution in [0.15, 0.2) is 30.3 Å². The van der Waals surface area contributed by atoms with Crippen LogP contribution < -0.4 is 10.1 Å². The Balaban J connectivity index is 2.07. The van der Waals surface area contributed by atoms with Gasteiger partial charge in [0.2, 0.25) is 5.88 Å². The van der Waals surface area contributed by atoms with Crippen molar-refractivity contribution in [2.75, 3.05) is 19.5 Å². The zero-order valence-corrected chi connectivity index (χ0v) is 12.0. The molecular formula is C15H19N3O2. The second-order valence-corrected chi connectivity index (χ2v) is 4.48. The molecule has 106 valence electrons. The quantitative estimate of drug-likeness (QED) is 0.876. The third-order valence-corrected chi connectivity index (χ3v) is 2.83. The van der Waals surface area contributed by atoms with Crippen LogP contribution >= 0.6 is 0 Å². The van der Waals surface area contributed by atoms with Gasteiger partial charge in [-0.2, -0.15) is 4.98 Å². The normalized spacial score (nSPS) is 10.3. The molecule has 0 aliphatic carbocycles. The molecule has 0 aliphatic heterocycles. The van der Waals surface area contributed by atoms with Gasteiger partial charge in [-0.3, -0.25) is 0 Å². The number of nitrogens with zero attached hydrogens (tertiary/aromatic N) is 2. The van der Waals surface area contributed by atoms with Crippen LogP contribution in [0, 0.1) is 6.92 Å². The number of ether oxygens (including phenoxy) is 2. The van der Waals surface area contributed by atoms with Gasteiger partial charge in [-0.25, -0.2) is 4.98 Å². The average molecular weight is 273 g/mol. The maximum Gasteiger partial charge on any atom is 0.218 e. The minimum atomic E-state index is 0.358. The van der Waals surface area contributed by atoms with E-state index in [2.05, 4.69) is 46.5 Å². The van der Waals surface area contributed by atoms with E-state index in [0.29, 0.717) is 24.9 Å². The Kier molecular flexibility index (Phi) is 4.90. The van der Waals surface area contributed by atoms with Crippen molar-refractivity contribution in [2.24, 2.45) is 0 Å². The molecule has 0 aliphatic rings. The zero-order chi connectivity index (χ0) is 14.4. The van der Waals surface area contributed by atoms with E-state index >= 15 is 0 Å². The first-order chi connectivity index (χ1) is 9.71. The maximum atomic E-state index is 5.16. The molecule has 5 heteroatoms. The third kappa shape index (κ3) is 3.93. The monoisotopic (exact) mass is 273 g/mol. The van der Waals surface area contributed by atoms with Crippen molar-refractivity contribution in [1.29, 1.82) is 0 Å². The highest BCUT2D eigenvalue weighted by molar-refractivity contribution is 5.39. The molecule has 0 amide bonds. The first-order valence-corrected chi connectivity index (χ1v) is 6.41. The van der Waals surface area contributed by atoms with E-state index in [0.717, 1.165) is 5.82 Å². The molecule has 1 heterocycles. The predicted molar refractivity (Wildman–Crippen MR) is 77.8 cm³/mol. The average Bonchev–Trinajstić information content (AvgIpc) is 2.47. The number of rotatable bonds is 6. The molecule has 1 N–H and O–H groups in total. The van der Waals surface area contributed by atoms with Crippen molar-refractivity contribution in [2.45, 2.75) is 20.1 Å². The lowest BCUT2D eigenvalue weighted by atomic mass is 10.1. The molecule has 0 bridgehead atoms. The lowest BCUT2D eigenvalue weighted by Gasteiger charge is -2.09. The number of benzene rings is 1. The second-order valence-electron chi connectivity index (χ2n) is 4.48. The standard InChI is InChI=1S/C15H19N3O2/c1-11-4-6-12(7-5-11)9-16-13-8-15(20-3)18-14(17-13)10-19-2/h4-8H,9-10H2,1-3H3,(H,16,17,18). The lowest BCUT2D eigenvalue weighted by Crippen LogP contribution is -2.06. The Morgan fingerprint density at radius 1 is 1.10 bits per heavy atom. The number of hydrogen-bond acceptors (Lipinski definition) is 5. The summed E-state index contributed by atoms with van der Waals surface area (Å²) in [6, 6.07) is 10.1. The number of nitrogens with one attached hydrogen (secondary N) is 1. The van der Waals surface area contributed by atoms with Gasteiger partial charge in [0.05, 0.1) is 7.11 Å². The first-order valence-electron chi connectivity index (χ1n) is 6.41. The number of aromatic nitrogens is 2. The SMILES string of the molecule is COCc1nc(NCc2ccc(C)cc2)cc(OC)n1. The fourth-order valence-corrected chi connectivity index (χ4v) is 1.76. The van der Waals surface area contributed by atoms with Gasteiger partial charge in [-0.05, 0) is 12.5 Å². The Morgan fingerprint density at radius 2 is 1.85 bits per heavy atom. The van der Waals surface area contributed by atoms with E-state index in [-0.39, 0.29) is 0 Å². The second kappa shape index (κ2) is 6.86. The maximum absolute atomic E-state index is 5.16. The van der Waals surface area contributed by atoms with Crippen LogP contribution in [0.2, 0.25) is 0 Å². The Hall–Kier alpha value is -2.14. The van der Waals surface area contributed by atoms with Crippen molar-refractivity contribution in [3.05, 3.63) is 47.3 Å². The number of aryl methyl sites for hydroxylation is 1. The molecule has 0 atom stereocenters. The van der Waals surface area contributed by atoms with Crippen LogP contribution in [0.4, 0.5) is 5.82 Å². The van der Waals surface area contributed by atoms with Crippen molar-refractivity contribution >= 4 is 5.82 Å². The fourth-order valence-electron chi connectivity index (χ4n) is 1.76. The van der Waals surface area contributed by atoms with Gasteiger partial charge in [0.1, 0.15) is 12.4 Å². The van der Waals surface area contributed by atoms with Gasteiger partial charge < -0.3 is 14.8 Å². The third-order valence-electron chi connectivity index (χ3n) is 2.83. The van der Waals surface area contributed by atoms with Gasteiger partial charge >= 0.3 is 0 Å². The molecule has 5 nitrogen and oxygen atoms in total. The summed E-state index contributed by atoms with van der Waals surface area (Å²) >= 11 is 0. The van der Waals surface area contributed by atoms with Crippen LogP contribution in [0.3, 0.4) is 0 Å². The summed E-state index contributed by atoms with van der Waals surface area (Å²) in [7, 11) is 3.20. The summed E-state index contributed by atoms with van der Waals surface area (Å²) < 4.78 is 10.2. The molecule has 0 spiro atoms. The van der Waals surface area contributed by atoms with E-state index in [1.54, 1.807) is 20.3 Å². The van der Waals surface area contributed by atoms with Crippen LogP contribution in [0.5, 0.6) is 5.88 Å². The van der Waals surface area contributed by atoms with Crippen LogP contribution in [-0.2, 0) is 17.9 Å². The van der Waals surface area contributed by atoms with Gasteiger partial charge in [0.15, 0.2) is 5.82 Å². The predicted octanol–water partition coefficient (Wildman–Crippen LogP) is 2.55. The lowest BCUT2D eigenvalue weighted by molar-refractivity contribution is 0.177. The van der Waals surface area contributed by atoms with Crippen LogP contribution in [0.25, 0.3) is 0 Å². The van der Waals surface area contributed by atoms with E-state index in [1.807, 2.05) is 0 Å². The van der Waals surface area contributed by atoms with E-state index < -0.39 is 0 Å². The van der Waals surface area contributed by atoms with E-state index in [4.69, 9.17) is 9.47 Å². The highest BCUT2D eigenvalue weighted by Crippen LogP contribution is 2.15. The molecule has 0 radical (unpaired) electrons. The van der Waals surface area contributed by atoms with Crippen molar-refractivity contribution in [3.8, 4) is 5.88 Å². The Morgan fingerprint density at radius 3 is 2.50 bits per heavy atom. The smallest absolute Gasteiger partial charge is 0.218 e. The summed E-state index contributed by atoms with van der Waals surface area (Å²) in [5.41, 5.74) is 2.45. The zero-order valence-electron chi connectivity index (χ0n) is 12.0. The molecular weight excluding hydrogens is 254 g/mol. The first kappa shape index (κ1) is 14.3. The number of anilines is 1. The number of methoxy groups -OCH3 is 2. The summed E-state index contributed by atoms with van der Waals surface area (Å²) in [4.78, 5) is 8.59. The van der Waals surface area contributed by atoms with Gasteiger partial charge in [-0.1, -0.05) is 29.8 Å². The molecule has 0 saturated carbocycles. The summed E-state index contributed by atoms with van der Waals surface area (Å²) in [5.74, 6) is 1.85. The molecule has 0 fully saturated rings. The van der Waals surface area contributed by atoms with Crippen molar-refractivity contribution < 1.29 is 9.47 Å². The Bertz CT molecular complexity index is 556. The molecule has 20 heavy (non-hydrogen) atoms. The summed E-state index contributed by atoms with van der Waals surface area (Å²) in [6.07, 6.45) is 0. The highest BCUT2D eigenvalue weighted by atomic mass is 16.5. The van der Waals surface area contributed by atoms with Gasteiger partial charge in [0.25, 0.3) is 0 Å². The van der Waals surface area contributed by atoms with E-state index in [9.17, 15) is 0 Å². The van der Waals surface area contributed by atoms with Gasteiger partial charge in [0, 0.05) is 19.7 Å². The summed E-state index contributed by atoms with van der Waals surface area (Å²) in [5, 5.41) is 3.27. The van der Waals surface area contributed by atoms with Gasteiger partial charge in [-0.15, -0.1) is 0 Å². The van der Waals surface area contributed by atoms with Crippen molar-refractivity contribution in [3.63, 3.8) is 0 Å². The minimum absolute atomic E-state index is 0.358. The molecule has 2 rings (SSSR count). The topological polar surface area (TPSA) is 56.3 Å². The molecule has 0 saturated heterocycles. The summed E-state index contributed by atoms with van der Waals surface area (Å²) in [6.45, 7) is 3.13. The molecule has 2 aromatic rings. The molecule has 0 unspecified atom stereocenters. The molecule has 1 aromatic carbocycles. The molecule has 1 aromatic heterocycles. The largest absolute Gasteiger partial charge is 0.481 e. The van der Waals surface area contributed by atoms with E-state index in [1.165, 1.54) is 11.1 Å². The van der Waals surface area contributed by atoms with Crippen LogP contribution in [0.1, 0.15) is 17.0 Å². The van der Waals surface area contributed by atoms with Crippen LogP contribution in [-0.4, -0.2) is 24.2 Å². The minimum Gasteiger partial charge on any atom is -0.481 e.